The molecule has 6 nitrogen and oxygen atoms in total. The van der Waals surface area contributed by atoms with Crippen LogP contribution in [0, 0.1) is 11.3 Å². The standard InChI is InChI=1S/C22H32BrN3O3/c1-14(2)22(8-6-17(11-22)25-20(28)29-21(3,4)5)19(27)26-9-7-18-15(13-26)10-16(23)12-24-18/h10,12,14,17H,6-9,11,13H2,1-5H3,(H,25,28). The van der Waals surface area contributed by atoms with Crippen LogP contribution in [-0.4, -0.2) is 40.1 Å². The van der Waals surface area contributed by atoms with Crippen LogP contribution in [0.25, 0.3) is 0 Å². The Labute approximate surface area is 181 Å². The molecule has 1 fully saturated rings. The molecule has 0 aromatic carbocycles. The van der Waals surface area contributed by atoms with Crippen LogP contribution in [0.2, 0.25) is 0 Å². The van der Waals surface area contributed by atoms with Crippen molar-refractivity contribution in [3.63, 3.8) is 0 Å². The van der Waals surface area contributed by atoms with Crippen LogP contribution in [0.4, 0.5) is 4.79 Å². The SMILES string of the molecule is CC(C)C1(C(=O)N2CCc3ncc(Br)cc3C2)CCC(NC(=O)OC(C)(C)C)C1. The first-order chi connectivity index (χ1) is 13.5. The van der Waals surface area contributed by atoms with E-state index in [1.54, 1.807) is 0 Å². The van der Waals surface area contributed by atoms with Crippen molar-refractivity contribution in [1.82, 2.24) is 15.2 Å². The maximum absolute atomic E-state index is 13.7. The number of carbonyl (C=O) groups is 2. The Morgan fingerprint density at radius 2 is 2.10 bits per heavy atom. The van der Waals surface area contributed by atoms with Gasteiger partial charge in [-0.2, -0.15) is 0 Å². The van der Waals surface area contributed by atoms with Crippen molar-refractivity contribution in [2.45, 2.75) is 78.5 Å². The lowest BCUT2D eigenvalue weighted by Gasteiger charge is -2.39. The fourth-order valence-corrected chi connectivity index (χ4v) is 4.90. The van der Waals surface area contributed by atoms with Gasteiger partial charge in [-0.05, 0) is 73.5 Å². The quantitative estimate of drug-likeness (QED) is 0.715. The maximum Gasteiger partial charge on any atom is 0.407 e. The molecule has 1 N–H and O–H groups in total. The molecule has 2 heterocycles. The number of alkyl carbamates (subject to hydrolysis) is 1. The number of amides is 2. The summed E-state index contributed by atoms with van der Waals surface area (Å²) in [5, 5.41) is 2.98. The molecule has 1 aromatic heterocycles. The lowest BCUT2D eigenvalue weighted by molar-refractivity contribution is -0.145. The molecule has 29 heavy (non-hydrogen) atoms. The minimum absolute atomic E-state index is 0.0379. The van der Waals surface area contributed by atoms with Crippen LogP contribution in [0.1, 0.15) is 65.1 Å². The second-order valence-electron chi connectivity index (χ2n) is 9.63. The molecule has 2 atom stereocenters. The second-order valence-corrected chi connectivity index (χ2v) is 10.5. The van der Waals surface area contributed by atoms with E-state index in [1.165, 1.54) is 0 Å². The average molecular weight is 466 g/mol. The highest BCUT2D eigenvalue weighted by atomic mass is 79.9. The molecular formula is C22H32BrN3O3. The van der Waals surface area contributed by atoms with Crippen molar-refractivity contribution in [2.75, 3.05) is 6.54 Å². The van der Waals surface area contributed by atoms with Gasteiger partial charge in [0.25, 0.3) is 0 Å². The average Bonchev–Trinajstić information content (AvgIpc) is 3.03. The van der Waals surface area contributed by atoms with E-state index in [0.29, 0.717) is 19.5 Å². The van der Waals surface area contributed by atoms with Crippen LogP contribution >= 0.6 is 15.9 Å². The third-order valence-electron chi connectivity index (χ3n) is 6.09. The monoisotopic (exact) mass is 465 g/mol. The first-order valence-electron chi connectivity index (χ1n) is 10.4. The normalized spacial score (nSPS) is 24.4. The van der Waals surface area contributed by atoms with E-state index in [4.69, 9.17) is 4.74 Å². The van der Waals surface area contributed by atoms with Crippen molar-refractivity contribution in [1.29, 1.82) is 0 Å². The molecule has 0 saturated heterocycles. The molecule has 2 amide bonds. The van der Waals surface area contributed by atoms with Crippen LogP contribution in [0.15, 0.2) is 16.7 Å². The molecule has 0 bridgehead atoms. The Morgan fingerprint density at radius 1 is 1.38 bits per heavy atom. The van der Waals surface area contributed by atoms with Gasteiger partial charge >= 0.3 is 6.09 Å². The zero-order chi connectivity index (χ0) is 21.4. The van der Waals surface area contributed by atoms with Gasteiger partial charge < -0.3 is 15.0 Å². The third-order valence-corrected chi connectivity index (χ3v) is 6.53. The molecule has 1 aromatic rings. The first-order valence-corrected chi connectivity index (χ1v) is 11.2. The van der Waals surface area contributed by atoms with Gasteiger partial charge in [0.1, 0.15) is 5.60 Å². The van der Waals surface area contributed by atoms with Gasteiger partial charge in [0.15, 0.2) is 0 Å². The van der Waals surface area contributed by atoms with Crippen LogP contribution in [0.3, 0.4) is 0 Å². The largest absolute Gasteiger partial charge is 0.444 e. The molecule has 7 heteroatoms. The number of pyridine rings is 1. The molecule has 1 aliphatic carbocycles. The van der Waals surface area contributed by atoms with Crippen molar-refractivity contribution < 1.29 is 14.3 Å². The summed E-state index contributed by atoms with van der Waals surface area (Å²) in [7, 11) is 0. The number of halogens is 1. The zero-order valence-corrected chi connectivity index (χ0v) is 19.6. The summed E-state index contributed by atoms with van der Waals surface area (Å²) >= 11 is 3.48. The molecule has 2 aliphatic rings. The number of fused-ring (bicyclic) bond motifs is 1. The molecule has 3 rings (SSSR count). The molecule has 160 valence electrons. The molecule has 1 aliphatic heterocycles. The minimum Gasteiger partial charge on any atom is -0.444 e. The highest BCUT2D eigenvalue weighted by Gasteiger charge is 2.50. The van der Waals surface area contributed by atoms with E-state index in [1.807, 2.05) is 31.9 Å². The van der Waals surface area contributed by atoms with Crippen LogP contribution in [-0.2, 0) is 22.5 Å². The van der Waals surface area contributed by atoms with E-state index in [0.717, 1.165) is 35.0 Å². The van der Waals surface area contributed by atoms with Gasteiger partial charge in [0, 0.05) is 41.9 Å². The number of carbonyl (C=O) groups excluding carboxylic acids is 2. The van der Waals surface area contributed by atoms with Crippen molar-refractivity contribution in [3.05, 3.63) is 28.0 Å². The molecule has 2 unspecified atom stereocenters. The topological polar surface area (TPSA) is 71.5 Å². The predicted octanol–water partition coefficient (Wildman–Crippen LogP) is 4.45. The lowest BCUT2D eigenvalue weighted by atomic mass is 9.74. The Balaban J connectivity index is 1.71. The Hall–Kier alpha value is -1.63. The van der Waals surface area contributed by atoms with Crippen molar-refractivity contribution in [2.24, 2.45) is 11.3 Å². The van der Waals surface area contributed by atoms with Gasteiger partial charge in [0.2, 0.25) is 5.91 Å². The summed E-state index contributed by atoms with van der Waals surface area (Å²) in [5.74, 6) is 0.397. The highest BCUT2D eigenvalue weighted by molar-refractivity contribution is 9.10. The summed E-state index contributed by atoms with van der Waals surface area (Å²) in [5.41, 5.74) is 1.21. The summed E-state index contributed by atoms with van der Waals surface area (Å²) in [4.78, 5) is 32.3. The van der Waals surface area contributed by atoms with Gasteiger partial charge in [-0.25, -0.2) is 4.79 Å². The predicted molar refractivity (Wildman–Crippen MR) is 115 cm³/mol. The first kappa shape index (κ1) is 22.1. The van der Waals surface area contributed by atoms with Crippen molar-refractivity contribution in [3.8, 4) is 0 Å². The van der Waals surface area contributed by atoms with Gasteiger partial charge in [-0.3, -0.25) is 9.78 Å². The molecule has 0 spiro atoms. The number of nitrogens with zero attached hydrogens (tertiary/aromatic N) is 2. The smallest absolute Gasteiger partial charge is 0.407 e. The van der Waals surface area contributed by atoms with Crippen LogP contribution < -0.4 is 5.32 Å². The lowest BCUT2D eigenvalue weighted by Crippen LogP contribution is -2.48. The summed E-state index contributed by atoms with van der Waals surface area (Å²) < 4.78 is 6.34. The fraction of sp³-hybridized carbons (Fsp3) is 0.682. The Kier molecular flexibility index (Phi) is 6.27. The number of hydrogen-bond donors (Lipinski definition) is 1. The maximum atomic E-state index is 13.7. The number of ether oxygens (including phenoxy) is 1. The number of aromatic nitrogens is 1. The van der Waals surface area contributed by atoms with E-state index in [2.05, 4.69) is 46.1 Å². The summed E-state index contributed by atoms with van der Waals surface area (Å²) in [6.07, 6.45) is 4.42. The fourth-order valence-electron chi connectivity index (χ4n) is 4.52. The van der Waals surface area contributed by atoms with Gasteiger partial charge in [0.05, 0.1) is 5.41 Å². The van der Waals surface area contributed by atoms with Crippen LogP contribution in [0.5, 0.6) is 0 Å². The second kappa shape index (κ2) is 8.25. The van der Waals surface area contributed by atoms with E-state index in [9.17, 15) is 9.59 Å². The van der Waals surface area contributed by atoms with E-state index in [-0.39, 0.29) is 17.9 Å². The number of rotatable bonds is 3. The van der Waals surface area contributed by atoms with Gasteiger partial charge in [-0.1, -0.05) is 13.8 Å². The van der Waals surface area contributed by atoms with Gasteiger partial charge in [-0.15, -0.1) is 0 Å². The number of nitrogens with one attached hydrogen (secondary N) is 1. The zero-order valence-electron chi connectivity index (χ0n) is 18.0. The summed E-state index contributed by atoms with van der Waals surface area (Å²) in [6, 6.07) is 2.02. The molecule has 1 saturated carbocycles. The van der Waals surface area contributed by atoms with Crippen molar-refractivity contribution >= 4 is 27.9 Å². The van der Waals surface area contributed by atoms with E-state index >= 15 is 0 Å². The third kappa shape index (κ3) is 4.93. The van der Waals surface area contributed by atoms with E-state index < -0.39 is 17.1 Å². The molecule has 0 radical (unpaired) electrons. The summed E-state index contributed by atoms with van der Waals surface area (Å²) in [6.45, 7) is 11.1. The highest BCUT2D eigenvalue weighted by Crippen LogP contribution is 2.46. The minimum atomic E-state index is -0.531. The Bertz CT molecular complexity index is 790. The molecular weight excluding hydrogens is 434 g/mol. The number of hydrogen-bond acceptors (Lipinski definition) is 4. The Morgan fingerprint density at radius 3 is 2.76 bits per heavy atom.